The van der Waals surface area contributed by atoms with E-state index in [4.69, 9.17) is 0 Å². The maximum Gasteiger partial charge on any atom is 0.234 e. The van der Waals surface area contributed by atoms with Gasteiger partial charge in [0.25, 0.3) is 0 Å². The molecule has 0 aliphatic heterocycles. The number of nitrogens with zero attached hydrogens (tertiary/aromatic N) is 3. The summed E-state index contributed by atoms with van der Waals surface area (Å²) in [6, 6.07) is 0.429. The molecule has 134 valence electrons. The first kappa shape index (κ1) is 21.5. The van der Waals surface area contributed by atoms with Crippen molar-refractivity contribution >= 4 is 5.91 Å². The van der Waals surface area contributed by atoms with Gasteiger partial charge in [0.2, 0.25) is 5.91 Å². The zero-order valence-corrected chi connectivity index (χ0v) is 15.1. The maximum atomic E-state index is 11.4. The normalized spacial score (nSPS) is 10.3. The van der Waals surface area contributed by atoms with E-state index in [-0.39, 0.29) is 5.91 Å². The Morgan fingerprint density at radius 3 is 2.65 bits per heavy atom. The molecule has 0 saturated heterocycles. The summed E-state index contributed by atoms with van der Waals surface area (Å²) in [5.74, 6) is 0.00524. The number of nitrogens with one attached hydrogen (secondary N) is 4. The van der Waals surface area contributed by atoms with Crippen LogP contribution < -0.4 is 21.3 Å². The number of carbonyl (C=O) groups excluding carboxylic acids is 1. The van der Waals surface area contributed by atoms with Gasteiger partial charge in [-0.3, -0.25) is 9.48 Å². The number of aromatic nitrogens is 3. The Labute approximate surface area is 139 Å². The second-order valence-corrected chi connectivity index (χ2v) is 5.14. The van der Waals surface area contributed by atoms with Crippen LogP contribution in [0.2, 0.25) is 0 Å². The van der Waals surface area contributed by atoms with Gasteiger partial charge in [0.1, 0.15) is 0 Å². The fourth-order valence-corrected chi connectivity index (χ4v) is 1.62. The van der Waals surface area contributed by atoms with E-state index in [0.29, 0.717) is 32.2 Å². The number of rotatable bonds is 11. The third kappa shape index (κ3) is 11.7. The molecule has 0 fully saturated rings. The molecule has 0 unspecified atom stereocenters. The highest BCUT2D eigenvalue weighted by atomic mass is 16.1. The van der Waals surface area contributed by atoms with Crippen LogP contribution in [0.4, 0.5) is 0 Å². The Hall–Kier alpha value is -1.51. The first-order valence-electron chi connectivity index (χ1n) is 8.36. The van der Waals surface area contributed by atoms with Gasteiger partial charge in [-0.1, -0.05) is 32.9 Å². The van der Waals surface area contributed by atoms with Crippen LogP contribution in [-0.2, 0) is 17.9 Å². The lowest BCUT2D eigenvalue weighted by Crippen LogP contribution is -2.38. The molecule has 1 aromatic rings. The molecular weight excluding hydrogens is 294 g/mol. The lowest BCUT2D eigenvalue weighted by molar-refractivity contribution is -0.120. The number of likely N-dealkylation sites (N-methyl/N-ethyl adjacent to an activating group) is 1. The van der Waals surface area contributed by atoms with Crippen molar-refractivity contribution in [3.63, 3.8) is 0 Å². The van der Waals surface area contributed by atoms with E-state index in [1.165, 1.54) is 0 Å². The lowest BCUT2D eigenvalue weighted by atomic mass is 10.3. The number of carbonyl (C=O) groups is 1. The molecule has 0 saturated carbocycles. The van der Waals surface area contributed by atoms with Crippen molar-refractivity contribution in [1.82, 2.24) is 36.3 Å². The van der Waals surface area contributed by atoms with Crippen molar-refractivity contribution in [3.05, 3.63) is 11.9 Å². The van der Waals surface area contributed by atoms with E-state index < -0.39 is 0 Å². The Kier molecular flexibility index (Phi) is 13.2. The molecule has 0 radical (unpaired) electrons. The van der Waals surface area contributed by atoms with E-state index in [1.807, 2.05) is 27.1 Å². The Morgan fingerprint density at radius 2 is 2.00 bits per heavy atom. The lowest BCUT2D eigenvalue weighted by Gasteiger charge is -2.06. The number of hydrogen-bond acceptors (Lipinski definition) is 6. The SMILES string of the molecule is CC.CNCCNC(=O)CNCCn1cc(CNC(C)C)nn1. The second-order valence-electron chi connectivity index (χ2n) is 5.14. The van der Waals surface area contributed by atoms with Crippen molar-refractivity contribution in [1.29, 1.82) is 0 Å². The molecule has 0 bridgehead atoms. The number of hydrogen-bond donors (Lipinski definition) is 4. The molecule has 1 amide bonds. The average molecular weight is 327 g/mol. The van der Waals surface area contributed by atoms with Crippen LogP contribution in [-0.4, -0.2) is 60.2 Å². The van der Waals surface area contributed by atoms with Crippen LogP contribution >= 0.6 is 0 Å². The fourth-order valence-electron chi connectivity index (χ4n) is 1.62. The minimum absolute atomic E-state index is 0.00524. The molecule has 0 spiro atoms. The summed E-state index contributed by atoms with van der Waals surface area (Å²) in [5.41, 5.74) is 0.925. The van der Waals surface area contributed by atoms with E-state index >= 15 is 0 Å². The largest absolute Gasteiger partial charge is 0.354 e. The van der Waals surface area contributed by atoms with Crippen LogP contribution in [0.25, 0.3) is 0 Å². The monoisotopic (exact) mass is 327 g/mol. The summed E-state index contributed by atoms with van der Waals surface area (Å²) in [5, 5.41) is 20.3. The van der Waals surface area contributed by atoms with Gasteiger partial charge < -0.3 is 21.3 Å². The van der Waals surface area contributed by atoms with Crippen LogP contribution in [0.5, 0.6) is 0 Å². The summed E-state index contributed by atoms with van der Waals surface area (Å²) in [6.45, 7) is 12.0. The summed E-state index contributed by atoms with van der Waals surface area (Å²) in [7, 11) is 1.85. The van der Waals surface area contributed by atoms with Gasteiger partial charge >= 0.3 is 0 Å². The minimum Gasteiger partial charge on any atom is -0.354 e. The third-order valence-electron chi connectivity index (χ3n) is 2.78. The molecule has 1 rings (SSSR count). The Bertz CT molecular complexity index is 406. The van der Waals surface area contributed by atoms with Crippen LogP contribution in [0.1, 0.15) is 33.4 Å². The quantitative estimate of drug-likeness (QED) is 0.418. The summed E-state index contributed by atoms with van der Waals surface area (Å²) in [4.78, 5) is 11.4. The fraction of sp³-hybridized carbons (Fsp3) is 0.800. The van der Waals surface area contributed by atoms with Gasteiger partial charge in [-0.05, 0) is 7.05 Å². The predicted octanol–water partition coefficient (Wildman–Crippen LogP) is -0.272. The van der Waals surface area contributed by atoms with Crippen molar-refractivity contribution in [2.75, 3.05) is 33.2 Å². The zero-order valence-electron chi connectivity index (χ0n) is 15.1. The first-order chi connectivity index (χ1) is 11.1. The van der Waals surface area contributed by atoms with Crippen molar-refractivity contribution in [3.8, 4) is 0 Å². The van der Waals surface area contributed by atoms with E-state index in [0.717, 1.165) is 18.8 Å². The molecule has 8 heteroatoms. The van der Waals surface area contributed by atoms with E-state index in [2.05, 4.69) is 45.4 Å². The average Bonchev–Trinajstić information content (AvgIpc) is 3.00. The molecule has 0 aliphatic carbocycles. The van der Waals surface area contributed by atoms with Crippen molar-refractivity contribution in [2.45, 2.75) is 46.8 Å². The van der Waals surface area contributed by atoms with Crippen LogP contribution in [0.15, 0.2) is 6.20 Å². The minimum atomic E-state index is 0.00524. The van der Waals surface area contributed by atoms with E-state index in [1.54, 1.807) is 4.68 Å². The highest BCUT2D eigenvalue weighted by Crippen LogP contribution is 1.93. The third-order valence-corrected chi connectivity index (χ3v) is 2.78. The van der Waals surface area contributed by atoms with Gasteiger partial charge in [-0.25, -0.2) is 0 Å². The van der Waals surface area contributed by atoms with E-state index in [9.17, 15) is 4.79 Å². The zero-order chi connectivity index (χ0) is 17.5. The predicted molar refractivity (Wildman–Crippen MR) is 93.2 cm³/mol. The molecule has 1 heterocycles. The van der Waals surface area contributed by atoms with Gasteiger partial charge in [0.05, 0.1) is 18.8 Å². The maximum absolute atomic E-state index is 11.4. The number of amides is 1. The van der Waals surface area contributed by atoms with Gasteiger partial charge in [0.15, 0.2) is 0 Å². The van der Waals surface area contributed by atoms with Crippen LogP contribution in [0, 0.1) is 0 Å². The van der Waals surface area contributed by atoms with Gasteiger partial charge in [-0.15, -0.1) is 5.10 Å². The van der Waals surface area contributed by atoms with Crippen molar-refractivity contribution < 1.29 is 4.79 Å². The topological polar surface area (TPSA) is 95.9 Å². The molecule has 8 nitrogen and oxygen atoms in total. The molecule has 0 aromatic carbocycles. The molecule has 0 aliphatic rings. The molecule has 4 N–H and O–H groups in total. The van der Waals surface area contributed by atoms with Crippen molar-refractivity contribution in [2.24, 2.45) is 0 Å². The Morgan fingerprint density at radius 1 is 1.26 bits per heavy atom. The van der Waals surface area contributed by atoms with Gasteiger partial charge in [-0.2, -0.15) is 0 Å². The second kappa shape index (κ2) is 14.1. The molecule has 23 heavy (non-hydrogen) atoms. The molecule has 0 atom stereocenters. The summed E-state index contributed by atoms with van der Waals surface area (Å²) in [6.07, 6.45) is 1.92. The summed E-state index contributed by atoms with van der Waals surface area (Å²) < 4.78 is 1.78. The van der Waals surface area contributed by atoms with Gasteiger partial charge in [0, 0.05) is 38.4 Å². The highest BCUT2D eigenvalue weighted by molar-refractivity contribution is 5.77. The molecular formula is C15H33N7O. The smallest absolute Gasteiger partial charge is 0.234 e. The first-order valence-corrected chi connectivity index (χ1v) is 8.36. The highest BCUT2D eigenvalue weighted by Gasteiger charge is 2.02. The van der Waals surface area contributed by atoms with Crippen LogP contribution in [0.3, 0.4) is 0 Å². The Balaban J connectivity index is 0.00000232. The summed E-state index contributed by atoms with van der Waals surface area (Å²) >= 11 is 0. The molecule has 1 aromatic heterocycles. The standard InChI is InChI=1S/C13H27N7O.C2H6/c1-11(2)17-8-12-10-20(19-18-12)7-6-15-9-13(21)16-5-4-14-3;1-2/h10-11,14-15,17H,4-9H2,1-3H3,(H,16,21);1-2H3.